The molecule has 0 bridgehead atoms. The van der Waals surface area contributed by atoms with Crippen LogP contribution in [0.3, 0.4) is 0 Å². The van der Waals surface area contributed by atoms with Crippen molar-refractivity contribution in [3.8, 4) is 10.4 Å². The smallest absolute Gasteiger partial charge is 0.263 e. The average molecular weight is 466 g/mol. The highest BCUT2D eigenvalue weighted by Gasteiger charge is 2.17. The summed E-state index contributed by atoms with van der Waals surface area (Å²) < 4.78 is 7.13. The first kappa shape index (κ1) is 22.1. The molecule has 0 radical (unpaired) electrons. The Kier molecular flexibility index (Phi) is 6.62. The van der Waals surface area contributed by atoms with Crippen LogP contribution in [0.25, 0.3) is 20.7 Å². The predicted octanol–water partition coefficient (Wildman–Crippen LogP) is 4.96. The number of fused-ring (bicyclic) bond motifs is 1. The minimum atomic E-state index is -0.123. The van der Waals surface area contributed by atoms with E-state index in [2.05, 4.69) is 6.58 Å². The number of thioether (sulfide) groups is 1. The lowest BCUT2D eigenvalue weighted by Crippen LogP contribution is -2.28. The zero-order chi connectivity index (χ0) is 22.7. The average Bonchev–Trinajstić information content (AvgIpc) is 3.41. The van der Waals surface area contributed by atoms with Crippen LogP contribution in [0, 0.1) is 6.92 Å². The van der Waals surface area contributed by atoms with Crippen LogP contribution in [0.1, 0.15) is 11.5 Å². The molecule has 6 nitrogen and oxygen atoms in total. The van der Waals surface area contributed by atoms with Crippen molar-refractivity contribution in [2.75, 3.05) is 12.8 Å². The van der Waals surface area contributed by atoms with E-state index in [4.69, 9.17) is 9.40 Å². The van der Waals surface area contributed by atoms with Gasteiger partial charge < -0.3 is 9.32 Å². The minimum Gasteiger partial charge on any atom is -0.464 e. The summed E-state index contributed by atoms with van der Waals surface area (Å²) in [7, 11) is 1.74. The second-order valence-electron chi connectivity index (χ2n) is 7.35. The Hall–Kier alpha value is -3.10. The number of amides is 1. The highest BCUT2D eigenvalue weighted by atomic mass is 32.2. The summed E-state index contributed by atoms with van der Waals surface area (Å²) in [5.41, 5.74) is 0.923. The van der Waals surface area contributed by atoms with Gasteiger partial charge in [0.1, 0.15) is 16.4 Å². The van der Waals surface area contributed by atoms with Crippen LogP contribution in [0.4, 0.5) is 0 Å². The molecule has 0 N–H and O–H groups in total. The van der Waals surface area contributed by atoms with Crippen LogP contribution in [0.5, 0.6) is 0 Å². The van der Waals surface area contributed by atoms with Gasteiger partial charge in [-0.05, 0) is 30.7 Å². The van der Waals surface area contributed by atoms with E-state index in [1.807, 2.05) is 55.5 Å². The van der Waals surface area contributed by atoms with Crippen molar-refractivity contribution < 1.29 is 9.21 Å². The molecule has 4 rings (SSSR count). The number of aryl methyl sites for hydroxylation is 1. The Balaban J connectivity index is 1.58. The van der Waals surface area contributed by atoms with Crippen LogP contribution in [-0.4, -0.2) is 33.2 Å². The summed E-state index contributed by atoms with van der Waals surface area (Å²) in [5, 5.41) is 1.09. The minimum absolute atomic E-state index is 0.0697. The molecule has 1 aromatic carbocycles. The fraction of sp³-hybridized carbons (Fsp3) is 0.208. The molecule has 4 aromatic rings. The van der Waals surface area contributed by atoms with E-state index in [0.717, 1.165) is 22.0 Å². The number of allylic oxidation sites excluding steroid dienone is 1. The van der Waals surface area contributed by atoms with Gasteiger partial charge in [-0.25, -0.2) is 4.98 Å². The number of thiophene rings is 1. The Morgan fingerprint density at radius 1 is 1.28 bits per heavy atom. The Morgan fingerprint density at radius 3 is 2.75 bits per heavy atom. The molecule has 8 heteroatoms. The molecule has 0 aliphatic rings. The Bertz CT molecular complexity index is 1320. The van der Waals surface area contributed by atoms with Crippen molar-refractivity contribution in [2.24, 2.45) is 0 Å². The largest absolute Gasteiger partial charge is 0.464 e. The van der Waals surface area contributed by atoms with Gasteiger partial charge in [-0.1, -0.05) is 48.2 Å². The first-order chi connectivity index (χ1) is 15.5. The van der Waals surface area contributed by atoms with Gasteiger partial charge in [-0.15, -0.1) is 17.9 Å². The third-order valence-corrected chi connectivity index (χ3v) is 6.96. The molecule has 0 atom stereocenters. The zero-order valence-corrected chi connectivity index (χ0v) is 19.5. The van der Waals surface area contributed by atoms with Crippen LogP contribution in [0.2, 0.25) is 0 Å². The molecule has 32 heavy (non-hydrogen) atoms. The van der Waals surface area contributed by atoms with Gasteiger partial charge in [-0.3, -0.25) is 14.2 Å². The Morgan fingerprint density at radius 2 is 2.06 bits per heavy atom. The lowest BCUT2D eigenvalue weighted by molar-refractivity contribution is -0.127. The monoisotopic (exact) mass is 465 g/mol. The first-order valence-electron chi connectivity index (χ1n) is 10.1. The Labute approximate surface area is 194 Å². The highest BCUT2D eigenvalue weighted by Crippen LogP contribution is 2.32. The van der Waals surface area contributed by atoms with Gasteiger partial charge >= 0.3 is 0 Å². The van der Waals surface area contributed by atoms with E-state index < -0.39 is 0 Å². The van der Waals surface area contributed by atoms with Crippen molar-refractivity contribution in [1.82, 2.24) is 14.5 Å². The quantitative estimate of drug-likeness (QED) is 0.209. The van der Waals surface area contributed by atoms with E-state index in [1.54, 1.807) is 22.6 Å². The summed E-state index contributed by atoms with van der Waals surface area (Å²) >= 11 is 2.74. The molecule has 0 saturated carbocycles. The second-order valence-corrected chi connectivity index (χ2v) is 9.32. The number of benzene rings is 1. The van der Waals surface area contributed by atoms with Gasteiger partial charge in [0.2, 0.25) is 5.91 Å². The van der Waals surface area contributed by atoms with Gasteiger partial charge in [0.15, 0.2) is 5.16 Å². The van der Waals surface area contributed by atoms with Crippen LogP contribution in [-0.2, 0) is 17.9 Å². The van der Waals surface area contributed by atoms with E-state index >= 15 is 0 Å². The summed E-state index contributed by atoms with van der Waals surface area (Å²) in [6, 6.07) is 15.6. The first-order valence-corrected chi connectivity index (χ1v) is 11.9. The van der Waals surface area contributed by atoms with Crippen molar-refractivity contribution in [2.45, 2.75) is 25.2 Å². The molecule has 0 fully saturated rings. The number of rotatable bonds is 8. The molecule has 1 amide bonds. The summed E-state index contributed by atoms with van der Waals surface area (Å²) in [6.07, 6.45) is 1.66. The maximum Gasteiger partial charge on any atom is 0.263 e. The van der Waals surface area contributed by atoms with E-state index in [-0.39, 0.29) is 17.2 Å². The van der Waals surface area contributed by atoms with Crippen LogP contribution < -0.4 is 5.56 Å². The van der Waals surface area contributed by atoms with Crippen LogP contribution >= 0.6 is 23.1 Å². The van der Waals surface area contributed by atoms with Crippen molar-refractivity contribution in [3.63, 3.8) is 0 Å². The number of aromatic nitrogens is 2. The number of nitrogens with zero attached hydrogens (tertiary/aromatic N) is 3. The molecule has 0 aliphatic heterocycles. The van der Waals surface area contributed by atoms with Crippen molar-refractivity contribution in [3.05, 3.63) is 83.1 Å². The SMILES string of the molecule is C=CCn1c(SCC(=O)N(C)Cc2ccc(C)o2)nc2sc(-c3ccccc3)cc2c1=O. The predicted molar refractivity (Wildman–Crippen MR) is 130 cm³/mol. The van der Waals surface area contributed by atoms with Gasteiger partial charge in [0, 0.05) is 18.5 Å². The van der Waals surface area contributed by atoms with Crippen molar-refractivity contribution >= 4 is 39.2 Å². The van der Waals surface area contributed by atoms with E-state index in [9.17, 15) is 9.59 Å². The second kappa shape index (κ2) is 9.58. The zero-order valence-electron chi connectivity index (χ0n) is 17.9. The van der Waals surface area contributed by atoms with Gasteiger partial charge in [0.05, 0.1) is 17.7 Å². The molecular weight excluding hydrogens is 442 g/mol. The summed E-state index contributed by atoms with van der Waals surface area (Å²) in [5.74, 6) is 1.65. The van der Waals surface area contributed by atoms with Crippen molar-refractivity contribution in [1.29, 1.82) is 0 Å². The molecule has 0 spiro atoms. The number of carbonyl (C=O) groups excluding carboxylic acids is 1. The standard InChI is InChI=1S/C24H23N3O3S2/c1-4-12-27-23(29)19-13-20(17-8-6-5-7-9-17)32-22(19)25-24(27)31-15-21(28)26(3)14-18-11-10-16(2)30-18/h4-11,13H,1,12,14-15H2,2-3H3. The third kappa shape index (κ3) is 4.71. The number of hydrogen-bond acceptors (Lipinski definition) is 6. The maximum absolute atomic E-state index is 13.2. The highest BCUT2D eigenvalue weighted by molar-refractivity contribution is 7.99. The fourth-order valence-corrected chi connectivity index (χ4v) is 5.30. The summed E-state index contributed by atoms with van der Waals surface area (Å²) in [4.78, 5) is 33.8. The molecule has 0 saturated heterocycles. The normalized spacial score (nSPS) is 11.1. The van der Waals surface area contributed by atoms with Gasteiger partial charge in [-0.2, -0.15) is 0 Å². The maximum atomic E-state index is 13.2. The lowest BCUT2D eigenvalue weighted by atomic mass is 10.2. The van der Waals surface area contributed by atoms with Gasteiger partial charge in [0.25, 0.3) is 5.56 Å². The number of hydrogen-bond donors (Lipinski definition) is 0. The summed E-state index contributed by atoms with van der Waals surface area (Å²) in [6.45, 7) is 6.36. The third-order valence-electron chi connectivity index (χ3n) is 4.93. The fourth-order valence-electron chi connectivity index (χ4n) is 3.27. The number of carbonyl (C=O) groups is 1. The van der Waals surface area contributed by atoms with E-state index in [0.29, 0.717) is 28.5 Å². The molecular formula is C24H23N3O3S2. The van der Waals surface area contributed by atoms with E-state index in [1.165, 1.54) is 23.1 Å². The molecule has 0 unspecified atom stereocenters. The number of furan rings is 1. The topological polar surface area (TPSA) is 68.3 Å². The van der Waals surface area contributed by atoms with Crippen LogP contribution in [0.15, 0.2) is 75.6 Å². The molecule has 164 valence electrons. The molecule has 3 aromatic heterocycles. The molecule has 0 aliphatic carbocycles. The molecule has 3 heterocycles. The lowest BCUT2D eigenvalue weighted by Gasteiger charge is -2.16.